The van der Waals surface area contributed by atoms with Crippen molar-refractivity contribution in [2.45, 2.75) is 46.3 Å². The molecule has 1 N–H and O–H groups in total. The van der Waals surface area contributed by atoms with Crippen molar-refractivity contribution in [2.75, 3.05) is 13.7 Å². The lowest BCUT2D eigenvalue weighted by Gasteiger charge is -2.13. The van der Waals surface area contributed by atoms with E-state index in [1.54, 1.807) is 11.7 Å². The Labute approximate surface area is 218 Å². The maximum Gasteiger partial charge on any atom is 0.332 e. The van der Waals surface area contributed by atoms with Gasteiger partial charge in [0.25, 0.3) is 5.56 Å². The van der Waals surface area contributed by atoms with Gasteiger partial charge in [-0.05, 0) is 28.3 Å². The van der Waals surface area contributed by atoms with Gasteiger partial charge in [0.15, 0.2) is 11.2 Å². The normalized spacial score (nSPS) is 11.4. The fourth-order valence-electron chi connectivity index (χ4n) is 4.76. The number of hydrogen-bond donors (Lipinski definition) is 1. The first-order valence-corrected chi connectivity index (χ1v) is 12.7. The highest BCUT2D eigenvalue weighted by molar-refractivity contribution is 5.80. The number of nitrogens with one attached hydrogen (secondary N) is 1. The summed E-state index contributed by atoms with van der Waals surface area (Å²) >= 11 is 0. The number of rotatable bonds is 10. The van der Waals surface area contributed by atoms with Crippen molar-refractivity contribution in [1.29, 1.82) is 0 Å². The Balaban J connectivity index is 1.57. The van der Waals surface area contributed by atoms with Crippen molar-refractivity contribution in [2.24, 2.45) is 0 Å². The van der Waals surface area contributed by atoms with Crippen LogP contribution in [0.3, 0.4) is 0 Å². The molecule has 0 saturated carbocycles. The van der Waals surface area contributed by atoms with Crippen LogP contribution in [0, 0.1) is 0 Å². The Hall–Kier alpha value is -4.38. The molecular formula is C27H30N8O3. The van der Waals surface area contributed by atoms with Gasteiger partial charge in [0, 0.05) is 32.2 Å². The molecule has 0 amide bonds. The summed E-state index contributed by atoms with van der Waals surface area (Å²) in [6.45, 7) is 5.42. The molecule has 38 heavy (non-hydrogen) atoms. The van der Waals surface area contributed by atoms with E-state index in [4.69, 9.17) is 9.72 Å². The first kappa shape index (κ1) is 25.3. The van der Waals surface area contributed by atoms with E-state index in [9.17, 15) is 9.59 Å². The molecular weight excluding hydrogens is 484 g/mol. The number of fused-ring (bicyclic) bond motifs is 1. The quantitative estimate of drug-likeness (QED) is 0.304. The molecule has 196 valence electrons. The number of nitrogens with zero attached hydrogens (tertiary/aromatic N) is 7. The van der Waals surface area contributed by atoms with Crippen LogP contribution in [0.2, 0.25) is 0 Å². The van der Waals surface area contributed by atoms with Crippen molar-refractivity contribution in [3.8, 4) is 22.5 Å². The average Bonchev–Trinajstić information content (AvgIpc) is 3.60. The summed E-state index contributed by atoms with van der Waals surface area (Å²) in [5.41, 5.74) is 4.09. The van der Waals surface area contributed by atoms with Crippen LogP contribution in [0.4, 0.5) is 0 Å². The van der Waals surface area contributed by atoms with Crippen LogP contribution in [0.25, 0.3) is 33.7 Å². The first-order valence-electron chi connectivity index (χ1n) is 12.7. The SMILES string of the molecule is CCCn1c(=O)c2c(nc(CC)n2Cc2ccc(-c3ccccc3-c3nn[nH]n3)cc2)n(CCOC)c1=O. The molecule has 2 aromatic carbocycles. The Morgan fingerprint density at radius 2 is 1.68 bits per heavy atom. The second-order valence-corrected chi connectivity index (χ2v) is 9.00. The smallest absolute Gasteiger partial charge is 0.332 e. The average molecular weight is 515 g/mol. The third-order valence-electron chi connectivity index (χ3n) is 6.59. The number of aryl methyl sites for hydroxylation is 1. The standard InChI is InChI=1S/C27H30N8O3/c1-4-14-34-26(36)23-25(33(27(34)37)15-16-38-3)28-22(5-2)35(23)17-18-10-12-19(13-11-18)20-8-6-7-9-21(20)24-29-31-32-30-24/h6-13H,4-5,14-17H2,1-3H3,(H,29,30,31,32). The number of H-pyrrole nitrogens is 1. The monoisotopic (exact) mass is 514 g/mol. The van der Waals surface area contributed by atoms with Gasteiger partial charge in [-0.25, -0.2) is 9.78 Å². The summed E-state index contributed by atoms with van der Waals surface area (Å²) in [5, 5.41) is 14.4. The van der Waals surface area contributed by atoms with Crippen LogP contribution < -0.4 is 11.2 Å². The van der Waals surface area contributed by atoms with Crippen LogP contribution in [0.5, 0.6) is 0 Å². The molecule has 0 bridgehead atoms. The summed E-state index contributed by atoms with van der Waals surface area (Å²) in [7, 11) is 1.59. The fraction of sp³-hybridized carbons (Fsp3) is 0.333. The van der Waals surface area contributed by atoms with E-state index in [0.29, 0.717) is 56.1 Å². The van der Waals surface area contributed by atoms with E-state index in [1.807, 2.05) is 66.9 Å². The highest BCUT2D eigenvalue weighted by Crippen LogP contribution is 2.30. The Bertz CT molecular complexity index is 1660. The molecule has 11 nitrogen and oxygen atoms in total. The van der Waals surface area contributed by atoms with Gasteiger partial charge in [0.2, 0.25) is 5.82 Å². The number of methoxy groups -OCH3 is 1. The molecule has 5 rings (SSSR count). The molecule has 0 aliphatic heterocycles. The maximum absolute atomic E-state index is 13.5. The molecule has 0 unspecified atom stereocenters. The van der Waals surface area contributed by atoms with E-state index >= 15 is 0 Å². The van der Waals surface area contributed by atoms with Gasteiger partial charge in [0.1, 0.15) is 5.82 Å². The third kappa shape index (κ3) is 4.56. The third-order valence-corrected chi connectivity index (χ3v) is 6.59. The molecule has 3 aromatic heterocycles. The van der Waals surface area contributed by atoms with E-state index in [-0.39, 0.29) is 11.2 Å². The first-order chi connectivity index (χ1) is 18.6. The number of imidazole rings is 1. The van der Waals surface area contributed by atoms with Crippen LogP contribution in [-0.4, -0.2) is 53.0 Å². The Morgan fingerprint density at radius 1 is 0.921 bits per heavy atom. The summed E-state index contributed by atoms with van der Waals surface area (Å²) in [5.74, 6) is 1.29. The zero-order valence-electron chi connectivity index (χ0n) is 21.7. The number of tetrazole rings is 1. The molecule has 0 fully saturated rings. The lowest BCUT2D eigenvalue weighted by atomic mass is 9.98. The minimum Gasteiger partial charge on any atom is -0.383 e. The number of hydrogen-bond acceptors (Lipinski definition) is 7. The molecule has 0 aliphatic rings. The number of benzene rings is 2. The van der Waals surface area contributed by atoms with Gasteiger partial charge in [0.05, 0.1) is 13.2 Å². The number of aromatic amines is 1. The molecule has 0 spiro atoms. The fourth-order valence-corrected chi connectivity index (χ4v) is 4.76. The zero-order valence-corrected chi connectivity index (χ0v) is 21.7. The minimum absolute atomic E-state index is 0.307. The van der Waals surface area contributed by atoms with Gasteiger partial charge in [-0.15, -0.1) is 10.2 Å². The van der Waals surface area contributed by atoms with Crippen molar-refractivity contribution in [3.63, 3.8) is 0 Å². The van der Waals surface area contributed by atoms with Crippen molar-refractivity contribution in [1.82, 2.24) is 39.3 Å². The second kappa shape index (κ2) is 10.9. The predicted molar refractivity (Wildman–Crippen MR) is 144 cm³/mol. The minimum atomic E-state index is -0.349. The summed E-state index contributed by atoms with van der Waals surface area (Å²) < 4.78 is 10.0. The van der Waals surface area contributed by atoms with Crippen molar-refractivity contribution in [3.05, 3.63) is 80.8 Å². The van der Waals surface area contributed by atoms with E-state index < -0.39 is 0 Å². The van der Waals surface area contributed by atoms with E-state index in [1.165, 1.54) is 4.57 Å². The van der Waals surface area contributed by atoms with Gasteiger partial charge < -0.3 is 9.30 Å². The van der Waals surface area contributed by atoms with Crippen LogP contribution in [-0.2, 0) is 30.8 Å². The number of ether oxygens (including phenoxy) is 1. The van der Waals surface area contributed by atoms with Crippen LogP contribution in [0.1, 0.15) is 31.7 Å². The van der Waals surface area contributed by atoms with Crippen molar-refractivity contribution >= 4 is 11.2 Å². The van der Waals surface area contributed by atoms with Crippen LogP contribution in [0.15, 0.2) is 58.1 Å². The van der Waals surface area contributed by atoms with Crippen molar-refractivity contribution < 1.29 is 4.74 Å². The van der Waals surface area contributed by atoms with Gasteiger partial charge in [-0.3, -0.25) is 13.9 Å². The topological polar surface area (TPSA) is 126 Å². The van der Waals surface area contributed by atoms with E-state index in [2.05, 4.69) is 20.6 Å². The van der Waals surface area contributed by atoms with Gasteiger partial charge in [-0.1, -0.05) is 62.4 Å². The molecule has 0 saturated heterocycles. The largest absolute Gasteiger partial charge is 0.383 e. The summed E-state index contributed by atoms with van der Waals surface area (Å²) in [6, 6.07) is 16.1. The summed E-state index contributed by atoms with van der Waals surface area (Å²) in [6.07, 6.45) is 1.29. The predicted octanol–water partition coefficient (Wildman–Crippen LogP) is 2.87. The maximum atomic E-state index is 13.5. The summed E-state index contributed by atoms with van der Waals surface area (Å²) in [4.78, 5) is 31.4. The molecule has 0 atom stereocenters. The van der Waals surface area contributed by atoms with E-state index in [0.717, 1.165) is 28.1 Å². The molecule has 5 aromatic rings. The lowest BCUT2D eigenvalue weighted by Crippen LogP contribution is -2.41. The van der Waals surface area contributed by atoms with Crippen LogP contribution >= 0.6 is 0 Å². The van der Waals surface area contributed by atoms with Gasteiger partial charge in [-0.2, -0.15) is 5.21 Å². The lowest BCUT2D eigenvalue weighted by molar-refractivity contribution is 0.186. The highest BCUT2D eigenvalue weighted by atomic mass is 16.5. The molecule has 11 heteroatoms. The molecule has 3 heterocycles. The number of aromatic nitrogens is 8. The highest BCUT2D eigenvalue weighted by Gasteiger charge is 2.21. The second-order valence-electron chi connectivity index (χ2n) is 9.00. The van der Waals surface area contributed by atoms with Gasteiger partial charge >= 0.3 is 5.69 Å². The Morgan fingerprint density at radius 3 is 2.34 bits per heavy atom. The molecule has 0 aliphatic carbocycles. The Kier molecular flexibility index (Phi) is 7.27. The zero-order chi connectivity index (χ0) is 26.6. The molecule has 0 radical (unpaired) electrons.